The van der Waals surface area contributed by atoms with Crippen LogP contribution in [0, 0.1) is 0 Å². The van der Waals surface area contributed by atoms with Crippen molar-refractivity contribution in [1.29, 1.82) is 0 Å². The van der Waals surface area contributed by atoms with Crippen LogP contribution in [0.5, 0.6) is 5.75 Å². The van der Waals surface area contributed by atoms with Crippen molar-refractivity contribution < 1.29 is 24.2 Å². The van der Waals surface area contributed by atoms with E-state index in [1.165, 1.54) is 12.4 Å². The topological polar surface area (TPSA) is 155 Å². The van der Waals surface area contributed by atoms with Crippen LogP contribution in [0.3, 0.4) is 0 Å². The molecular weight excluding hydrogens is 482 g/mol. The molecule has 2 amide bonds. The quantitative estimate of drug-likeness (QED) is 0.109. The fraction of sp³-hybridized carbons (Fsp3) is 0.238. The summed E-state index contributed by atoms with van der Waals surface area (Å²) in [5, 5.41) is 21.5. The van der Waals surface area contributed by atoms with E-state index in [0.717, 1.165) is 0 Å². The molecule has 0 heterocycles. The van der Waals surface area contributed by atoms with Crippen molar-refractivity contribution in [3.63, 3.8) is 0 Å². The SMILES string of the molecule is CCOC(=O)CC(NC(=O)CNC(=O)c1cccc(NC=NN)c1)c1cc(Br)ccc1O. The highest BCUT2D eigenvalue weighted by Gasteiger charge is 2.22. The molecule has 0 saturated heterocycles. The van der Waals surface area contributed by atoms with Gasteiger partial charge in [-0.1, -0.05) is 22.0 Å². The van der Waals surface area contributed by atoms with Gasteiger partial charge in [0.05, 0.1) is 25.6 Å². The minimum absolute atomic E-state index is 0.0860. The first-order chi connectivity index (χ1) is 15.3. The number of hydrazone groups is 1. The molecule has 0 aliphatic heterocycles. The van der Waals surface area contributed by atoms with E-state index in [2.05, 4.69) is 37.0 Å². The molecule has 0 aliphatic carbocycles. The van der Waals surface area contributed by atoms with Gasteiger partial charge < -0.3 is 31.6 Å². The Balaban J connectivity index is 2.05. The van der Waals surface area contributed by atoms with Gasteiger partial charge in [0.15, 0.2) is 0 Å². The third-order valence-corrected chi connectivity index (χ3v) is 4.71. The second kappa shape index (κ2) is 12.3. The molecule has 2 aromatic rings. The van der Waals surface area contributed by atoms with Crippen LogP contribution in [0.25, 0.3) is 0 Å². The van der Waals surface area contributed by atoms with Gasteiger partial charge in [-0.15, -0.1) is 0 Å². The van der Waals surface area contributed by atoms with Crippen LogP contribution in [0.4, 0.5) is 5.69 Å². The first-order valence-electron chi connectivity index (χ1n) is 9.64. The Labute approximate surface area is 193 Å². The van der Waals surface area contributed by atoms with Gasteiger partial charge in [-0.2, -0.15) is 5.10 Å². The van der Waals surface area contributed by atoms with Gasteiger partial charge in [0.2, 0.25) is 5.91 Å². The summed E-state index contributed by atoms with van der Waals surface area (Å²) < 4.78 is 5.63. The van der Waals surface area contributed by atoms with E-state index < -0.39 is 23.8 Å². The molecule has 0 saturated carbocycles. The molecule has 1 unspecified atom stereocenters. The summed E-state index contributed by atoms with van der Waals surface area (Å²) in [7, 11) is 0. The number of anilines is 1. The predicted octanol–water partition coefficient (Wildman–Crippen LogP) is 2.01. The third kappa shape index (κ3) is 7.58. The molecule has 170 valence electrons. The number of phenols is 1. The number of amides is 2. The van der Waals surface area contributed by atoms with Crippen LogP contribution in [-0.4, -0.2) is 42.4 Å². The van der Waals surface area contributed by atoms with Crippen molar-refractivity contribution >= 4 is 45.7 Å². The molecule has 32 heavy (non-hydrogen) atoms. The lowest BCUT2D eigenvalue weighted by Gasteiger charge is -2.20. The number of nitrogens with two attached hydrogens (primary N) is 1. The van der Waals surface area contributed by atoms with Gasteiger partial charge in [0.25, 0.3) is 5.91 Å². The number of phenolic OH excluding ortho intramolecular Hbond substituents is 1. The van der Waals surface area contributed by atoms with Crippen LogP contribution in [0.15, 0.2) is 52.0 Å². The highest BCUT2D eigenvalue weighted by atomic mass is 79.9. The first kappa shape index (κ1) is 24.7. The van der Waals surface area contributed by atoms with Crippen LogP contribution in [0.1, 0.15) is 35.3 Å². The van der Waals surface area contributed by atoms with Crippen molar-refractivity contribution in [1.82, 2.24) is 10.6 Å². The number of rotatable bonds is 10. The Bertz CT molecular complexity index is 998. The summed E-state index contributed by atoms with van der Waals surface area (Å²) in [6.07, 6.45) is 1.08. The zero-order chi connectivity index (χ0) is 23.5. The summed E-state index contributed by atoms with van der Waals surface area (Å²) in [4.78, 5) is 36.9. The van der Waals surface area contributed by atoms with Gasteiger partial charge in [-0.25, -0.2) is 0 Å². The number of benzene rings is 2. The Morgan fingerprint density at radius 1 is 1.25 bits per heavy atom. The average Bonchev–Trinajstić information content (AvgIpc) is 2.77. The Kier molecular flexibility index (Phi) is 9.48. The van der Waals surface area contributed by atoms with Crippen molar-refractivity contribution in [2.24, 2.45) is 10.9 Å². The maximum absolute atomic E-state index is 12.5. The minimum atomic E-state index is -0.848. The number of aromatic hydroxyl groups is 1. The van der Waals surface area contributed by atoms with E-state index in [9.17, 15) is 19.5 Å². The molecule has 10 nitrogen and oxygen atoms in total. The molecule has 2 rings (SSSR count). The van der Waals surface area contributed by atoms with E-state index in [4.69, 9.17) is 10.6 Å². The highest BCUT2D eigenvalue weighted by Crippen LogP contribution is 2.29. The second-order valence-electron chi connectivity index (χ2n) is 6.52. The Hall–Kier alpha value is -3.60. The average molecular weight is 506 g/mol. The number of nitrogens with one attached hydrogen (secondary N) is 3. The van der Waals surface area contributed by atoms with Crippen molar-refractivity contribution in [3.05, 3.63) is 58.1 Å². The van der Waals surface area contributed by atoms with Crippen LogP contribution in [0.2, 0.25) is 0 Å². The van der Waals surface area contributed by atoms with Crippen LogP contribution >= 0.6 is 15.9 Å². The standard InChI is InChI=1S/C21H24BrN5O5/c1-2-32-20(30)10-17(16-9-14(22)6-7-18(16)28)27-19(29)11-24-21(31)13-4-3-5-15(8-13)25-12-26-23/h3-9,12,17,28H,2,10-11,23H2,1H3,(H,24,31)(H,25,26)(H,27,29). The normalized spacial score (nSPS) is 11.6. The Morgan fingerprint density at radius 3 is 2.75 bits per heavy atom. The van der Waals surface area contributed by atoms with E-state index in [1.807, 2.05) is 0 Å². The van der Waals surface area contributed by atoms with Crippen molar-refractivity contribution in [2.45, 2.75) is 19.4 Å². The molecule has 0 fully saturated rings. The van der Waals surface area contributed by atoms with E-state index >= 15 is 0 Å². The van der Waals surface area contributed by atoms with Crippen LogP contribution in [-0.2, 0) is 14.3 Å². The van der Waals surface area contributed by atoms with Crippen molar-refractivity contribution in [3.8, 4) is 5.75 Å². The number of hydrogen-bond acceptors (Lipinski definition) is 7. The van der Waals surface area contributed by atoms with Gasteiger partial charge in [-0.3, -0.25) is 14.4 Å². The number of ether oxygens (including phenoxy) is 1. The van der Waals surface area contributed by atoms with E-state index in [0.29, 0.717) is 21.3 Å². The largest absolute Gasteiger partial charge is 0.508 e. The zero-order valence-electron chi connectivity index (χ0n) is 17.3. The number of carbonyl (C=O) groups is 3. The lowest BCUT2D eigenvalue weighted by Crippen LogP contribution is -2.39. The van der Waals surface area contributed by atoms with Gasteiger partial charge in [0, 0.05) is 21.3 Å². The second-order valence-corrected chi connectivity index (χ2v) is 7.43. The van der Waals surface area contributed by atoms with Gasteiger partial charge >= 0.3 is 5.97 Å². The summed E-state index contributed by atoms with van der Waals surface area (Å²) >= 11 is 3.31. The minimum Gasteiger partial charge on any atom is -0.508 e. The molecular formula is C21H24BrN5O5. The molecule has 0 radical (unpaired) electrons. The maximum Gasteiger partial charge on any atom is 0.308 e. The van der Waals surface area contributed by atoms with Gasteiger partial charge in [-0.05, 0) is 43.3 Å². The Morgan fingerprint density at radius 2 is 2.03 bits per heavy atom. The fourth-order valence-electron chi connectivity index (χ4n) is 2.80. The molecule has 2 aromatic carbocycles. The third-order valence-electron chi connectivity index (χ3n) is 4.22. The number of esters is 1. The summed E-state index contributed by atoms with van der Waals surface area (Å²) in [6.45, 7) is 1.52. The summed E-state index contributed by atoms with van der Waals surface area (Å²) in [5.41, 5.74) is 1.25. The first-order valence-corrected chi connectivity index (χ1v) is 10.4. The fourth-order valence-corrected chi connectivity index (χ4v) is 3.18. The van der Waals surface area contributed by atoms with E-state index in [1.54, 1.807) is 43.3 Å². The number of carbonyl (C=O) groups excluding carboxylic acids is 3. The van der Waals surface area contributed by atoms with Gasteiger partial charge in [0.1, 0.15) is 12.1 Å². The molecule has 0 aliphatic rings. The predicted molar refractivity (Wildman–Crippen MR) is 123 cm³/mol. The zero-order valence-corrected chi connectivity index (χ0v) is 18.9. The molecule has 0 aromatic heterocycles. The lowest BCUT2D eigenvalue weighted by molar-refractivity contribution is -0.143. The van der Waals surface area contributed by atoms with E-state index in [-0.39, 0.29) is 25.3 Å². The van der Waals surface area contributed by atoms with Crippen molar-refractivity contribution in [2.75, 3.05) is 18.5 Å². The summed E-state index contributed by atoms with van der Waals surface area (Å²) in [6, 6.07) is 10.4. The maximum atomic E-state index is 12.5. The van der Waals surface area contributed by atoms with Crippen LogP contribution < -0.4 is 21.8 Å². The number of nitrogens with zero attached hydrogens (tertiary/aromatic N) is 1. The number of hydrogen-bond donors (Lipinski definition) is 5. The lowest BCUT2D eigenvalue weighted by atomic mass is 10.0. The highest BCUT2D eigenvalue weighted by molar-refractivity contribution is 9.10. The monoisotopic (exact) mass is 505 g/mol. The molecule has 0 bridgehead atoms. The summed E-state index contributed by atoms with van der Waals surface area (Å²) in [5.74, 6) is 3.40. The molecule has 11 heteroatoms. The molecule has 6 N–H and O–H groups in total. The molecule has 0 spiro atoms. The molecule has 1 atom stereocenters. The number of halogens is 1. The smallest absolute Gasteiger partial charge is 0.308 e.